The molecule has 10 heteroatoms. The van der Waals surface area contributed by atoms with Crippen molar-refractivity contribution in [2.75, 3.05) is 37.2 Å². The van der Waals surface area contributed by atoms with E-state index >= 15 is 0 Å². The Hall–Kier alpha value is -2.75. The van der Waals surface area contributed by atoms with Gasteiger partial charge in [-0.2, -0.15) is 13.2 Å². The Bertz CT molecular complexity index is 839. The van der Waals surface area contributed by atoms with Gasteiger partial charge in [-0.25, -0.2) is 9.78 Å². The number of nitrogens with one attached hydrogen (secondary N) is 1. The summed E-state index contributed by atoms with van der Waals surface area (Å²) in [7, 11) is 0. The molecule has 29 heavy (non-hydrogen) atoms. The van der Waals surface area contributed by atoms with Gasteiger partial charge in [0, 0.05) is 38.1 Å². The van der Waals surface area contributed by atoms with Gasteiger partial charge >= 0.3 is 12.2 Å². The summed E-state index contributed by atoms with van der Waals surface area (Å²) in [6, 6.07) is 11.1. The van der Waals surface area contributed by atoms with Gasteiger partial charge in [0.2, 0.25) is 5.91 Å². The average molecular weight is 424 g/mol. The zero-order valence-electron chi connectivity index (χ0n) is 15.4. The van der Waals surface area contributed by atoms with Crippen molar-refractivity contribution in [2.45, 2.75) is 11.2 Å². The molecule has 0 atom stereocenters. The van der Waals surface area contributed by atoms with Crippen LogP contribution in [0.1, 0.15) is 5.56 Å². The van der Waals surface area contributed by atoms with E-state index < -0.39 is 11.7 Å². The van der Waals surface area contributed by atoms with Gasteiger partial charge in [0.15, 0.2) is 0 Å². The standard InChI is InChI=1S/C19H19F3N4O2S/c20-19(21,22)14-6-7-16(23-12-14)29-13-17(27)25-8-10-26(11-9-25)18(28)24-15-4-2-1-3-5-15/h1-7,12H,8-11,13H2,(H,24,28). The minimum Gasteiger partial charge on any atom is -0.338 e. The summed E-state index contributed by atoms with van der Waals surface area (Å²) in [4.78, 5) is 31.6. The fourth-order valence-electron chi connectivity index (χ4n) is 2.74. The number of piperazine rings is 1. The van der Waals surface area contributed by atoms with E-state index in [1.54, 1.807) is 21.9 Å². The number of hydrogen-bond donors (Lipinski definition) is 1. The van der Waals surface area contributed by atoms with Gasteiger partial charge in [0.1, 0.15) is 0 Å². The highest BCUT2D eigenvalue weighted by Gasteiger charge is 2.30. The molecule has 6 nitrogen and oxygen atoms in total. The summed E-state index contributed by atoms with van der Waals surface area (Å²) in [5.74, 6) is -0.0611. The Morgan fingerprint density at radius 3 is 2.24 bits per heavy atom. The van der Waals surface area contributed by atoms with Crippen molar-refractivity contribution < 1.29 is 22.8 Å². The highest BCUT2D eigenvalue weighted by atomic mass is 32.2. The average Bonchev–Trinajstić information content (AvgIpc) is 2.72. The number of rotatable bonds is 4. The van der Waals surface area contributed by atoms with E-state index in [0.717, 1.165) is 24.0 Å². The van der Waals surface area contributed by atoms with Crippen molar-refractivity contribution in [1.82, 2.24) is 14.8 Å². The summed E-state index contributed by atoms with van der Waals surface area (Å²) in [6.45, 7) is 1.63. The van der Waals surface area contributed by atoms with Gasteiger partial charge in [-0.3, -0.25) is 4.79 Å². The lowest BCUT2D eigenvalue weighted by Gasteiger charge is -2.34. The third-order valence-corrected chi connectivity index (χ3v) is 5.28. The van der Waals surface area contributed by atoms with E-state index in [1.807, 2.05) is 18.2 Å². The lowest BCUT2D eigenvalue weighted by molar-refractivity contribution is -0.138. The number of nitrogens with zero attached hydrogens (tertiary/aromatic N) is 3. The van der Waals surface area contributed by atoms with E-state index in [9.17, 15) is 22.8 Å². The summed E-state index contributed by atoms with van der Waals surface area (Å²) < 4.78 is 37.6. The molecule has 1 saturated heterocycles. The summed E-state index contributed by atoms with van der Waals surface area (Å²) in [6.07, 6.45) is -3.67. The summed E-state index contributed by atoms with van der Waals surface area (Å²) in [5, 5.41) is 3.16. The maximum Gasteiger partial charge on any atom is 0.417 e. The summed E-state index contributed by atoms with van der Waals surface area (Å²) in [5.41, 5.74) is -0.116. The lowest BCUT2D eigenvalue weighted by Crippen LogP contribution is -2.52. The zero-order valence-corrected chi connectivity index (χ0v) is 16.2. The molecule has 2 aromatic rings. The van der Waals surface area contributed by atoms with Crippen molar-refractivity contribution in [1.29, 1.82) is 0 Å². The van der Waals surface area contributed by atoms with Crippen LogP contribution in [0.4, 0.5) is 23.7 Å². The molecule has 0 radical (unpaired) electrons. The number of para-hydroxylation sites is 1. The molecule has 154 valence electrons. The van der Waals surface area contributed by atoms with Crippen LogP contribution in [0.3, 0.4) is 0 Å². The molecule has 0 saturated carbocycles. The number of urea groups is 1. The minimum atomic E-state index is -4.43. The van der Waals surface area contributed by atoms with Crippen molar-refractivity contribution >= 4 is 29.4 Å². The molecule has 3 rings (SSSR count). The lowest BCUT2D eigenvalue weighted by atomic mass is 10.3. The second-order valence-corrected chi connectivity index (χ2v) is 7.33. The van der Waals surface area contributed by atoms with Gasteiger partial charge < -0.3 is 15.1 Å². The fraction of sp³-hybridized carbons (Fsp3) is 0.316. The Labute approximate surface area is 170 Å². The van der Waals surface area contributed by atoms with E-state index in [2.05, 4.69) is 10.3 Å². The molecule has 1 aliphatic rings. The van der Waals surface area contributed by atoms with E-state index in [-0.39, 0.29) is 17.7 Å². The second kappa shape index (κ2) is 9.17. The van der Waals surface area contributed by atoms with Crippen LogP contribution in [0.5, 0.6) is 0 Å². The Kier molecular flexibility index (Phi) is 6.63. The van der Waals surface area contributed by atoms with Crippen molar-refractivity contribution in [3.63, 3.8) is 0 Å². The van der Waals surface area contributed by atoms with E-state index in [0.29, 0.717) is 36.9 Å². The number of hydrogen-bond acceptors (Lipinski definition) is 4. The third kappa shape index (κ3) is 5.86. The summed E-state index contributed by atoms with van der Waals surface area (Å²) >= 11 is 1.09. The van der Waals surface area contributed by atoms with Gasteiger partial charge in [-0.15, -0.1) is 0 Å². The number of alkyl halides is 3. The number of halogens is 3. The first-order valence-corrected chi connectivity index (χ1v) is 9.86. The van der Waals surface area contributed by atoms with Crippen LogP contribution in [0, 0.1) is 0 Å². The number of pyridine rings is 1. The number of benzene rings is 1. The number of anilines is 1. The first-order chi connectivity index (χ1) is 13.8. The van der Waals surface area contributed by atoms with Crippen LogP contribution < -0.4 is 5.32 Å². The normalized spacial score (nSPS) is 14.6. The maximum atomic E-state index is 12.5. The van der Waals surface area contributed by atoms with Gasteiger partial charge in [0.25, 0.3) is 0 Å². The topological polar surface area (TPSA) is 65.5 Å². The maximum absolute atomic E-state index is 12.5. The van der Waals surface area contributed by atoms with Crippen LogP contribution in [-0.2, 0) is 11.0 Å². The Morgan fingerprint density at radius 1 is 1.00 bits per heavy atom. The van der Waals surface area contributed by atoms with Crippen LogP contribution in [0.2, 0.25) is 0 Å². The largest absolute Gasteiger partial charge is 0.417 e. The molecule has 1 aliphatic heterocycles. The highest BCUT2D eigenvalue weighted by molar-refractivity contribution is 7.99. The molecule has 0 unspecified atom stereocenters. The Morgan fingerprint density at radius 2 is 1.66 bits per heavy atom. The fourth-order valence-corrected chi connectivity index (χ4v) is 3.49. The molecule has 1 N–H and O–H groups in total. The molecular formula is C19H19F3N4O2S. The first kappa shape index (κ1) is 21.0. The Balaban J connectivity index is 1.43. The van der Waals surface area contributed by atoms with Crippen LogP contribution >= 0.6 is 11.8 Å². The smallest absolute Gasteiger partial charge is 0.338 e. The number of carbonyl (C=O) groups is 2. The molecule has 0 aliphatic carbocycles. The monoisotopic (exact) mass is 424 g/mol. The van der Waals surface area contributed by atoms with Gasteiger partial charge in [-0.1, -0.05) is 30.0 Å². The molecular weight excluding hydrogens is 405 g/mol. The van der Waals surface area contributed by atoms with Crippen molar-refractivity contribution in [3.05, 3.63) is 54.2 Å². The predicted octanol–water partition coefficient (Wildman–Crippen LogP) is 3.57. The molecule has 1 fully saturated rings. The highest BCUT2D eigenvalue weighted by Crippen LogP contribution is 2.29. The van der Waals surface area contributed by atoms with E-state index in [4.69, 9.17) is 0 Å². The molecule has 3 amide bonds. The SMILES string of the molecule is O=C(CSc1ccc(C(F)(F)F)cn1)N1CCN(C(=O)Nc2ccccc2)CC1. The van der Waals surface area contributed by atoms with Gasteiger partial charge in [-0.05, 0) is 24.3 Å². The zero-order chi connectivity index (χ0) is 20.9. The number of thioether (sulfide) groups is 1. The van der Waals surface area contributed by atoms with E-state index in [1.165, 1.54) is 6.07 Å². The molecule has 0 spiro atoms. The van der Waals surface area contributed by atoms with Crippen molar-refractivity contribution in [3.8, 4) is 0 Å². The third-order valence-electron chi connectivity index (χ3n) is 4.35. The number of carbonyl (C=O) groups excluding carboxylic acids is 2. The first-order valence-electron chi connectivity index (χ1n) is 8.88. The molecule has 1 aromatic heterocycles. The molecule has 1 aromatic carbocycles. The van der Waals surface area contributed by atoms with Crippen LogP contribution in [-0.4, -0.2) is 58.7 Å². The number of aromatic nitrogens is 1. The second-order valence-electron chi connectivity index (χ2n) is 6.34. The van der Waals surface area contributed by atoms with Crippen LogP contribution in [0.25, 0.3) is 0 Å². The predicted molar refractivity (Wildman–Crippen MR) is 104 cm³/mol. The number of amides is 3. The van der Waals surface area contributed by atoms with Crippen molar-refractivity contribution in [2.24, 2.45) is 0 Å². The minimum absolute atomic E-state index is 0.0780. The molecule has 2 heterocycles. The van der Waals surface area contributed by atoms with Crippen LogP contribution in [0.15, 0.2) is 53.7 Å². The van der Waals surface area contributed by atoms with Gasteiger partial charge in [0.05, 0.1) is 16.3 Å². The molecule has 0 bridgehead atoms. The quantitative estimate of drug-likeness (QED) is 0.763.